The molecule has 0 aromatic carbocycles. The summed E-state index contributed by atoms with van der Waals surface area (Å²) in [6, 6.07) is 2.02. The number of pyridine rings is 1. The topological polar surface area (TPSA) is 30.0 Å². The summed E-state index contributed by atoms with van der Waals surface area (Å²) in [6.45, 7) is 6.00. The summed E-state index contributed by atoms with van der Waals surface area (Å²) >= 11 is 0. The predicted octanol–water partition coefficient (Wildman–Crippen LogP) is 4.11. The van der Waals surface area contributed by atoms with Crippen LogP contribution in [-0.2, 0) is 6.18 Å². The van der Waals surface area contributed by atoms with Gasteiger partial charge in [-0.3, -0.25) is 9.78 Å². The van der Waals surface area contributed by atoms with E-state index in [-0.39, 0.29) is 16.9 Å². The van der Waals surface area contributed by atoms with Crippen molar-refractivity contribution in [2.45, 2.75) is 39.8 Å². The summed E-state index contributed by atoms with van der Waals surface area (Å²) in [7, 11) is 0. The number of hydrogen-bond acceptors (Lipinski definition) is 2. The van der Waals surface area contributed by atoms with Gasteiger partial charge in [0.05, 0.1) is 5.56 Å². The number of carbonyl (C=O) groups excluding carboxylic acids is 1. The molecule has 5 heteroatoms. The number of aromatic nitrogens is 1. The second-order valence-corrected chi connectivity index (χ2v) is 5.41. The lowest BCUT2D eigenvalue weighted by Gasteiger charge is -2.16. The molecule has 0 bridgehead atoms. The Morgan fingerprint density at radius 2 is 1.83 bits per heavy atom. The van der Waals surface area contributed by atoms with Gasteiger partial charge in [0.1, 0.15) is 5.69 Å². The van der Waals surface area contributed by atoms with E-state index in [9.17, 15) is 18.0 Å². The lowest BCUT2D eigenvalue weighted by atomic mass is 9.89. The molecular formula is C13H16F3NO. The molecule has 0 spiro atoms. The van der Waals surface area contributed by atoms with Gasteiger partial charge in [-0.2, -0.15) is 13.2 Å². The number of Topliss-reactive ketones (excluding diaryl/α,β-unsaturated/α-hetero) is 1. The zero-order valence-corrected chi connectivity index (χ0v) is 10.6. The molecule has 0 radical (unpaired) electrons. The van der Waals surface area contributed by atoms with Gasteiger partial charge < -0.3 is 0 Å². The van der Waals surface area contributed by atoms with Crippen molar-refractivity contribution in [2.24, 2.45) is 5.41 Å². The summed E-state index contributed by atoms with van der Waals surface area (Å²) in [5, 5.41) is 0. The second kappa shape index (κ2) is 5.08. The number of ketones is 1. The molecule has 2 nitrogen and oxygen atoms in total. The van der Waals surface area contributed by atoms with Crippen molar-refractivity contribution >= 4 is 5.78 Å². The van der Waals surface area contributed by atoms with Crippen LogP contribution in [0.15, 0.2) is 18.3 Å². The van der Waals surface area contributed by atoms with E-state index in [1.165, 1.54) is 0 Å². The van der Waals surface area contributed by atoms with E-state index in [0.717, 1.165) is 12.1 Å². The number of hydrogen-bond donors (Lipinski definition) is 0. The number of alkyl halides is 3. The van der Waals surface area contributed by atoms with Crippen molar-refractivity contribution in [1.82, 2.24) is 4.98 Å². The normalized spacial score (nSPS) is 12.6. The second-order valence-electron chi connectivity index (χ2n) is 5.41. The van der Waals surface area contributed by atoms with Gasteiger partial charge in [-0.05, 0) is 24.0 Å². The number of carbonyl (C=O) groups is 1. The number of rotatable bonds is 3. The molecule has 100 valence electrons. The highest BCUT2D eigenvalue weighted by Crippen LogP contribution is 2.28. The molecule has 1 aromatic rings. The summed E-state index contributed by atoms with van der Waals surface area (Å²) < 4.78 is 36.9. The first kappa shape index (κ1) is 14.7. The van der Waals surface area contributed by atoms with Gasteiger partial charge >= 0.3 is 6.18 Å². The van der Waals surface area contributed by atoms with Crippen molar-refractivity contribution in [2.75, 3.05) is 0 Å². The van der Waals surface area contributed by atoms with Crippen LogP contribution in [0.5, 0.6) is 0 Å². The van der Waals surface area contributed by atoms with Crippen LogP contribution < -0.4 is 0 Å². The zero-order chi connectivity index (χ0) is 14.0. The maximum Gasteiger partial charge on any atom is 0.417 e. The highest BCUT2D eigenvalue weighted by molar-refractivity contribution is 5.94. The first-order valence-corrected chi connectivity index (χ1v) is 5.66. The molecule has 0 fully saturated rings. The highest BCUT2D eigenvalue weighted by atomic mass is 19.4. The number of halogens is 3. The molecule has 0 unspecified atom stereocenters. The fourth-order valence-electron chi connectivity index (χ4n) is 1.34. The van der Waals surface area contributed by atoms with E-state index in [0.29, 0.717) is 19.0 Å². The van der Waals surface area contributed by atoms with Crippen molar-refractivity contribution in [3.63, 3.8) is 0 Å². The van der Waals surface area contributed by atoms with E-state index in [1.807, 2.05) is 20.8 Å². The minimum Gasteiger partial charge on any atom is -0.292 e. The molecular weight excluding hydrogens is 243 g/mol. The van der Waals surface area contributed by atoms with Crippen molar-refractivity contribution in [3.05, 3.63) is 29.6 Å². The Kier molecular flexibility index (Phi) is 4.14. The van der Waals surface area contributed by atoms with Gasteiger partial charge in [-0.15, -0.1) is 0 Å². The highest BCUT2D eigenvalue weighted by Gasteiger charge is 2.30. The fraction of sp³-hybridized carbons (Fsp3) is 0.538. The predicted molar refractivity (Wildman–Crippen MR) is 62.3 cm³/mol. The maximum atomic E-state index is 12.3. The summed E-state index contributed by atoms with van der Waals surface area (Å²) in [5.74, 6) is -0.223. The van der Waals surface area contributed by atoms with Gasteiger partial charge in [0, 0.05) is 12.6 Å². The molecule has 0 saturated carbocycles. The molecule has 18 heavy (non-hydrogen) atoms. The number of nitrogens with zero attached hydrogens (tertiary/aromatic N) is 1. The molecule has 0 amide bonds. The van der Waals surface area contributed by atoms with Gasteiger partial charge in [0.15, 0.2) is 5.78 Å². The average Bonchev–Trinajstić information content (AvgIpc) is 2.24. The van der Waals surface area contributed by atoms with Crippen LogP contribution in [0.4, 0.5) is 13.2 Å². The van der Waals surface area contributed by atoms with Crippen molar-refractivity contribution < 1.29 is 18.0 Å². The van der Waals surface area contributed by atoms with Gasteiger partial charge in [0.25, 0.3) is 0 Å². The molecule has 1 rings (SSSR count). The quantitative estimate of drug-likeness (QED) is 0.764. The SMILES string of the molecule is CC(C)(C)CCC(=O)c1ccc(C(F)(F)F)cn1. The largest absolute Gasteiger partial charge is 0.417 e. The minimum absolute atomic E-state index is 0.0154. The molecule has 1 heterocycles. The third kappa shape index (κ3) is 4.47. The first-order chi connectivity index (χ1) is 8.09. The smallest absolute Gasteiger partial charge is 0.292 e. The Balaban J connectivity index is 2.71. The van der Waals surface area contributed by atoms with Gasteiger partial charge in [-0.25, -0.2) is 0 Å². The Bertz CT molecular complexity index is 415. The maximum absolute atomic E-state index is 12.3. The third-order valence-electron chi connectivity index (χ3n) is 2.48. The molecule has 0 saturated heterocycles. The molecule has 0 atom stereocenters. The van der Waals surface area contributed by atoms with E-state index in [1.54, 1.807) is 0 Å². The Morgan fingerprint density at radius 3 is 2.22 bits per heavy atom. The summed E-state index contributed by atoms with van der Waals surface area (Å²) in [6.07, 6.45) is -2.75. The molecule has 0 aliphatic heterocycles. The zero-order valence-electron chi connectivity index (χ0n) is 10.6. The van der Waals surface area contributed by atoms with Gasteiger partial charge in [-0.1, -0.05) is 20.8 Å². The van der Waals surface area contributed by atoms with Crippen LogP contribution in [0.1, 0.15) is 49.7 Å². The summed E-state index contributed by atoms with van der Waals surface area (Å²) in [5.41, 5.74) is -0.733. The van der Waals surface area contributed by atoms with E-state index < -0.39 is 11.7 Å². The Labute approximate surface area is 104 Å². The minimum atomic E-state index is -4.42. The van der Waals surface area contributed by atoms with Gasteiger partial charge in [0.2, 0.25) is 0 Å². The lowest BCUT2D eigenvalue weighted by Crippen LogP contribution is -2.11. The van der Waals surface area contributed by atoms with Crippen molar-refractivity contribution in [3.8, 4) is 0 Å². The van der Waals surface area contributed by atoms with Crippen LogP contribution in [0.25, 0.3) is 0 Å². The average molecular weight is 259 g/mol. The third-order valence-corrected chi connectivity index (χ3v) is 2.48. The van der Waals surface area contributed by atoms with Crippen LogP contribution in [0.3, 0.4) is 0 Å². The van der Waals surface area contributed by atoms with Crippen LogP contribution in [-0.4, -0.2) is 10.8 Å². The Morgan fingerprint density at radius 1 is 1.22 bits per heavy atom. The molecule has 1 aromatic heterocycles. The van der Waals surface area contributed by atoms with Crippen molar-refractivity contribution in [1.29, 1.82) is 0 Å². The lowest BCUT2D eigenvalue weighted by molar-refractivity contribution is -0.137. The molecule has 0 aliphatic carbocycles. The monoisotopic (exact) mass is 259 g/mol. The first-order valence-electron chi connectivity index (χ1n) is 5.66. The van der Waals surface area contributed by atoms with Crippen LogP contribution >= 0.6 is 0 Å². The fourth-order valence-corrected chi connectivity index (χ4v) is 1.34. The molecule has 0 N–H and O–H groups in total. The summed E-state index contributed by atoms with van der Waals surface area (Å²) in [4.78, 5) is 15.3. The van der Waals surface area contributed by atoms with E-state index in [2.05, 4.69) is 4.98 Å². The van der Waals surface area contributed by atoms with Crippen LogP contribution in [0, 0.1) is 5.41 Å². The standard InChI is InChI=1S/C13H16F3NO/c1-12(2,3)7-6-11(18)10-5-4-9(8-17-10)13(14,15)16/h4-5,8H,6-7H2,1-3H3. The Hall–Kier alpha value is -1.39. The molecule has 0 aliphatic rings. The van der Waals surface area contributed by atoms with E-state index >= 15 is 0 Å². The van der Waals surface area contributed by atoms with Crippen LogP contribution in [0.2, 0.25) is 0 Å². The van der Waals surface area contributed by atoms with E-state index in [4.69, 9.17) is 0 Å².